The molecule has 2 aromatic carbocycles. The monoisotopic (exact) mass is 440 g/mol. The topological polar surface area (TPSA) is 53.4 Å². The molecule has 0 radical (unpaired) electrons. The van der Waals surface area contributed by atoms with Crippen LogP contribution in [0.25, 0.3) is 6.08 Å². The Morgan fingerprint density at radius 2 is 2.07 bits per heavy atom. The third-order valence-electron chi connectivity index (χ3n) is 4.20. The zero-order valence-corrected chi connectivity index (χ0v) is 17.6. The second kappa shape index (κ2) is 8.89. The van der Waals surface area contributed by atoms with Crippen molar-refractivity contribution in [3.63, 3.8) is 0 Å². The number of ketones is 1. The van der Waals surface area contributed by atoms with E-state index in [0.29, 0.717) is 12.2 Å². The van der Waals surface area contributed by atoms with Crippen LogP contribution in [0.1, 0.15) is 27.2 Å². The number of halogens is 1. The van der Waals surface area contributed by atoms with E-state index in [4.69, 9.17) is 9.47 Å². The van der Waals surface area contributed by atoms with Crippen molar-refractivity contribution >= 4 is 27.8 Å². The fraction of sp³-hybridized carbons (Fsp3) is 0.182. The van der Waals surface area contributed by atoms with E-state index in [-0.39, 0.29) is 5.78 Å². The van der Waals surface area contributed by atoms with Crippen LogP contribution in [-0.4, -0.2) is 22.7 Å². The van der Waals surface area contributed by atoms with E-state index in [2.05, 4.69) is 21.0 Å². The Bertz CT molecular complexity index is 1020. The van der Waals surface area contributed by atoms with Gasteiger partial charge in [-0.25, -0.2) is 0 Å². The molecule has 0 amide bonds. The number of benzene rings is 2. The number of nitrogens with zero attached hydrogens (tertiary/aromatic N) is 2. The number of aryl methyl sites for hydroxylation is 2. The predicted molar refractivity (Wildman–Crippen MR) is 113 cm³/mol. The normalized spacial score (nSPS) is 11.0. The van der Waals surface area contributed by atoms with Crippen LogP contribution in [0.15, 0.2) is 59.2 Å². The minimum atomic E-state index is -0.0756. The van der Waals surface area contributed by atoms with Gasteiger partial charge in [-0.3, -0.25) is 9.48 Å². The highest BCUT2D eigenvalue weighted by atomic mass is 79.9. The molecule has 0 N–H and O–H groups in total. The third-order valence-corrected chi connectivity index (χ3v) is 4.69. The van der Waals surface area contributed by atoms with Gasteiger partial charge < -0.3 is 9.47 Å². The van der Waals surface area contributed by atoms with Crippen LogP contribution in [0, 0.1) is 6.92 Å². The summed E-state index contributed by atoms with van der Waals surface area (Å²) in [5.41, 5.74) is 3.11. The first kappa shape index (κ1) is 19.9. The van der Waals surface area contributed by atoms with Crippen LogP contribution in [0.5, 0.6) is 11.5 Å². The Morgan fingerprint density at radius 1 is 1.25 bits per heavy atom. The minimum absolute atomic E-state index is 0.0756. The van der Waals surface area contributed by atoms with Gasteiger partial charge in [-0.05, 0) is 48.9 Å². The van der Waals surface area contributed by atoms with E-state index in [1.165, 1.54) is 0 Å². The highest BCUT2D eigenvalue weighted by Crippen LogP contribution is 2.24. The summed E-state index contributed by atoms with van der Waals surface area (Å²) >= 11 is 3.44. The van der Waals surface area contributed by atoms with Crippen molar-refractivity contribution in [3.8, 4) is 11.5 Å². The molecule has 0 spiro atoms. The van der Waals surface area contributed by atoms with Crippen molar-refractivity contribution < 1.29 is 14.3 Å². The molecule has 0 aliphatic carbocycles. The number of hydrogen-bond acceptors (Lipinski definition) is 4. The summed E-state index contributed by atoms with van der Waals surface area (Å²) in [5, 5.41) is 4.21. The van der Waals surface area contributed by atoms with Crippen LogP contribution in [0.2, 0.25) is 0 Å². The largest absolute Gasteiger partial charge is 0.496 e. The average Bonchev–Trinajstić information content (AvgIpc) is 3.02. The molecule has 3 aromatic rings. The highest BCUT2D eigenvalue weighted by Gasteiger charge is 2.10. The number of ether oxygens (including phenoxy) is 2. The Balaban J connectivity index is 1.76. The van der Waals surface area contributed by atoms with Gasteiger partial charge >= 0.3 is 0 Å². The molecule has 0 atom stereocenters. The molecular weight excluding hydrogens is 420 g/mol. The summed E-state index contributed by atoms with van der Waals surface area (Å²) in [7, 11) is 3.43. The van der Waals surface area contributed by atoms with Gasteiger partial charge in [0.25, 0.3) is 0 Å². The van der Waals surface area contributed by atoms with Crippen LogP contribution in [0.4, 0.5) is 0 Å². The first-order valence-corrected chi connectivity index (χ1v) is 9.53. The van der Waals surface area contributed by atoms with Gasteiger partial charge in [0.2, 0.25) is 0 Å². The van der Waals surface area contributed by atoms with Crippen LogP contribution >= 0.6 is 15.9 Å². The van der Waals surface area contributed by atoms with E-state index >= 15 is 0 Å². The molecule has 5 nitrogen and oxygen atoms in total. The van der Waals surface area contributed by atoms with Crippen LogP contribution in [0.3, 0.4) is 0 Å². The smallest absolute Gasteiger partial charge is 0.189 e. The summed E-state index contributed by atoms with van der Waals surface area (Å²) in [4.78, 5) is 12.4. The van der Waals surface area contributed by atoms with Crippen molar-refractivity contribution in [1.82, 2.24) is 9.78 Å². The molecule has 0 unspecified atom stereocenters. The number of rotatable bonds is 7. The number of carbonyl (C=O) groups is 1. The molecule has 0 aliphatic rings. The van der Waals surface area contributed by atoms with Crippen molar-refractivity contribution in [1.29, 1.82) is 0 Å². The molecule has 0 saturated heterocycles. The SMILES string of the molecule is COc1ccc(/C=C/C(=O)c2cn(C)nc2C)cc1COc1cccc(Br)c1. The molecule has 28 heavy (non-hydrogen) atoms. The quantitative estimate of drug-likeness (QED) is 0.384. The van der Waals surface area contributed by atoms with Crippen molar-refractivity contribution in [3.05, 3.63) is 81.6 Å². The first-order chi connectivity index (χ1) is 13.5. The molecule has 6 heteroatoms. The van der Waals surface area contributed by atoms with Gasteiger partial charge in [0, 0.05) is 23.3 Å². The molecule has 3 rings (SSSR count). The minimum Gasteiger partial charge on any atom is -0.496 e. The first-order valence-electron chi connectivity index (χ1n) is 8.74. The maximum atomic E-state index is 12.4. The van der Waals surface area contributed by atoms with Gasteiger partial charge in [0.15, 0.2) is 5.78 Å². The summed E-state index contributed by atoms with van der Waals surface area (Å²) < 4.78 is 13.9. The molecular formula is C22H21BrN2O3. The molecule has 144 valence electrons. The fourth-order valence-corrected chi connectivity index (χ4v) is 3.21. The fourth-order valence-electron chi connectivity index (χ4n) is 2.84. The lowest BCUT2D eigenvalue weighted by Gasteiger charge is -2.11. The van der Waals surface area contributed by atoms with Crippen LogP contribution in [-0.2, 0) is 13.7 Å². The molecule has 1 heterocycles. The molecule has 0 bridgehead atoms. The summed E-state index contributed by atoms with van der Waals surface area (Å²) in [5.74, 6) is 1.43. The second-order valence-corrected chi connectivity index (χ2v) is 7.23. The Labute approximate surface area is 172 Å². The number of allylic oxidation sites excluding steroid dienone is 1. The van der Waals surface area contributed by atoms with Gasteiger partial charge in [0.1, 0.15) is 18.1 Å². The van der Waals surface area contributed by atoms with Crippen LogP contribution < -0.4 is 9.47 Å². The average molecular weight is 441 g/mol. The zero-order chi connectivity index (χ0) is 20.1. The lowest BCUT2D eigenvalue weighted by atomic mass is 10.1. The van der Waals surface area contributed by atoms with E-state index < -0.39 is 0 Å². The Kier molecular flexibility index (Phi) is 6.31. The van der Waals surface area contributed by atoms with E-state index in [1.807, 2.05) is 49.4 Å². The molecule has 0 fully saturated rings. The molecule has 0 saturated carbocycles. The van der Waals surface area contributed by atoms with E-state index in [1.54, 1.807) is 37.2 Å². The van der Waals surface area contributed by atoms with Crippen molar-refractivity contribution in [2.75, 3.05) is 7.11 Å². The lowest BCUT2D eigenvalue weighted by Crippen LogP contribution is -1.99. The second-order valence-electron chi connectivity index (χ2n) is 6.32. The van der Waals surface area contributed by atoms with Crippen molar-refractivity contribution in [2.45, 2.75) is 13.5 Å². The van der Waals surface area contributed by atoms with E-state index in [9.17, 15) is 4.79 Å². The molecule has 1 aromatic heterocycles. The number of hydrogen-bond donors (Lipinski definition) is 0. The summed E-state index contributed by atoms with van der Waals surface area (Å²) in [6, 6.07) is 13.4. The highest BCUT2D eigenvalue weighted by molar-refractivity contribution is 9.10. The summed E-state index contributed by atoms with van der Waals surface area (Å²) in [6.45, 7) is 2.18. The van der Waals surface area contributed by atoms with E-state index in [0.717, 1.165) is 32.8 Å². The maximum absolute atomic E-state index is 12.4. The van der Waals surface area contributed by atoms with Gasteiger partial charge in [-0.2, -0.15) is 5.10 Å². The maximum Gasteiger partial charge on any atom is 0.189 e. The third kappa shape index (κ3) is 4.89. The number of aromatic nitrogens is 2. The number of methoxy groups -OCH3 is 1. The standard InChI is InChI=1S/C22H21BrN2O3/c1-15-20(13-25(2)24-15)21(26)9-7-16-8-10-22(27-3)17(11-16)14-28-19-6-4-5-18(23)12-19/h4-13H,14H2,1-3H3/b9-7+. The van der Waals surface area contributed by atoms with Gasteiger partial charge in [-0.1, -0.05) is 34.1 Å². The van der Waals surface area contributed by atoms with Crippen molar-refractivity contribution in [2.24, 2.45) is 7.05 Å². The van der Waals surface area contributed by atoms with Gasteiger partial charge in [-0.15, -0.1) is 0 Å². The number of carbonyl (C=O) groups excluding carboxylic acids is 1. The lowest BCUT2D eigenvalue weighted by molar-refractivity contribution is 0.104. The molecule has 0 aliphatic heterocycles. The predicted octanol–water partition coefficient (Wildman–Crippen LogP) is 4.97. The van der Waals surface area contributed by atoms with Gasteiger partial charge in [0.05, 0.1) is 18.4 Å². The summed E-state index contributed by atoms with van der Waals surface area (Å²) in [6.07, 6.45) is 5.08. The Hall–Kier alpha value is -2.86. The Morgan fingerprint density at radius 3 is 2.75 bits per heavy atom. The zero-order valence-electron chi connectivity index (χ0n) is 16.0.